The van der Waals surface area contributed by atoms with Gasteiger partial charge in [0.05, 0.1) is 42.7 Å². The van der Waals surface area contributed by atoms with Crippen LogP contribution in [-0.2, 0) is 49.4 Å². The summed E-state index contributed by atoms with van der Waals surface area (Å²) < 4.78 is 17.4. The standard InChI is InChI=1S/C51H88N8O10/c1-19-32(6)43(58(16)49(65)41(30(2)3)55-48(64)42(31(4)5)56(13)14)39(67-17)29-40(60)59-27-21-24-38(59)44(68-18)33(7)45(61)52-26-25-36-22-20-23-37(28-36)54-46(62)34(8)53-47(63)35(9)57(15)50(66)69-51(10,11)12/h20,22-23,28,30-35,38-39,41-44H,19,21,24-27,29H2,1-18H3,(H,52,61)(H,53,63)(H,54,62)(H,55,64)/t32-,33+,34-,35-,38?,39+,41-,42-,43-,44+/m0/s1. The van der Waals surface area contributed by atoms with Gasteiger partial charge >= 0.3 is 6.09 Å². The second-order valence-corrected chi connectivity index (χ2v) is 20.7. The highest BCUT2D eigenvalue weighted by atomic mass is 16.6. The van der Waals surface area contributed by atoms with Crippen LogP contribution >= 0.6 is 0 Å². The lowest BCUT2D eigenvalue weighted by Gasteiger charge is -2.41. The zero-order valence-corrected chi connectivity index (χ0v) is 45.1. The molecule has 1 fully saturated rings. The number of amides is 7. The number of ether oxygens (including phenoxy) is 3. The highest BCUT2D eigenvalue weighted by Gasteiger charge is 2.43. The first kappa shape index (κ1) is 60.3. The summed E-state index contributed by atoms with van der Waals surface area (Å²) in [4.78, 5) is 101. The van der Waals surface area contributed by atoms with Crippen LogP contribution in [0, 0.1) is 23.7 Å². The van der Waals surface area contributed by atoms with E-state index in [0.29, 0.717) is 31.6 Å². The predicted octanol–water partition coefficient (Wildman–Crippen LogP) is 4.69. The molecule has 0 spiro atoms. The zero-order valence-electron chi connectivity index (χ0n) is 45.1. The summed E-state index contributed by atoms with van der Waals surface area (Å²) in [6, 6.07) is 3.35. The Morgan fingerprint density at radius 3 is 1.99 bits per heavy atom. The molecule has 7 amide bonds. The topological polar surface area (TPSA) is 208 Å². The van der Waals surface area contributed by atoms with Crippen molar-refractivity contribution >= 4 is 47.2 Å². The number of carbonyl (C=O) groups is 7. The smallest absolute Gasteiger partial charge is 0.410 e. The van der Waals surface area contributed by atoms with Crippen LogP contribution in [0.15, 0.2) is 24.3 Å². The molecule has 392 valence electrons. The van der Waals surface area contributed by atoms with E-state index in [0.717, 1.165) is 18.4 Å². The molecule has 0 aromatic heterocycles. The van der Waals surface area contributed by atoms with Crippen LogP contribution in [0.3, 0.4) is 0 Å². The Hall–Kier alpha value is -4.81. The number of carbonyl (C=O) groups excluding carboxylic acids is 7. The van der Waals surface area contributed by atoms with Crippen molar-refractivity contribution in [3.8, 4) is 0 Å². The normalized spacial score (nSPS) is 18.0. The Kier molecular flexibility index (Phi) is 24.1. The van der Waals surface area contributed by atoms with Gasteiger partial charge in [0.15, 0.2) is 0 Å². The lowest BCUT2D eigenvalue weighted by atomic mass is 9.89. The Morgan fingerprint density at radius 2 is 1.45 bits per heavy atom. The van der Waals surface area contributed by atoms with E-state index in [9.17, 15) is 33.6 Å². The Balaban J connectivity index is 2.10. The second-order valence-electron chi connectivity index (χ2n) is 20.7. The molecule has 10 atom stereocenters. The van der Waals surface area contributed by atoms with Crippen LogP contribution in [0.4, 0.5) is 10.5 Å². The van der Waals surface area contributed by atoms with Gasteiger partial charge in [0, 0.05) is 47.1 Å². The molecule has 1 aromatic rings. The van der Waals surface area contributed by atoms with Crippen molar-refractivity contribution in [3.05, 3.63) is 29.8 Å². The van der Waals surface area contributed by atoms with Gasteiger partial charge < -0.3 is 45.3 Å². The van der Waals surface area contributed by atoms with Crippen molar-refractivity contribution in [1.82, 2.24) is 35.6 Å². The molecule has 1 unspecified atom stereocenters. The molecule has 18 heteroatoms. The van der Waals surface area contributed by atoms with E-state index in [2.05, 4.69) is 21.3 Å². The maximum absolute atomic E-state index is 14.3. The molecular weight excluding hydrogens is 885 g/mol. The SMILES string of the molecule is CC[C@H](C)[C@@H]([C@@H](CC(=O)N1CCCC1[C@H](OC)[C@@H](C)C(=O)NCCc1cccc(NC(=O)[C@H](C)NC(=O)[C@H](C)N(C)C(=O)OC(C)(C)C)c1)OC)N(C)C(=O)[C@@H](NC(=O)[C@H](C(C)C)N(C)C)C(C)C. The monoisotopic (exact) mass is 973 g/mol. The summed E-state index contributed by atoms with van der Waals surface area (Å²) in [6.45, 7) is 22.7. The van der Waals surface area contributed by atoms with Crippen LogP contribution < -0.4 is 21.3 Å². The minimum absolute atomic E-state index is 0.00507. The number of likely N-dealkylation sites (tertiary alicyclic amines) is 1. The van der Waals surface area contributed by atoms with E-state index in [-0.39, 0.29) is 53.8 Å². The molecule has 1 aliphatic heterocycles. The first-order valence-electron chi connectivity index (χ1n) is 24.6. The van der Waals surface area contributed by atoms with E-state index in [1.165, 1.54) is 11.9 Å². The summed E-state index contributed by atoms with van der Waals surface area (Å²) >= 11 is 0. The van der Waals surface area contributed by atoms with Crippen LogP contribution in [0.25, 0.3) is 0 Å². The molecule has 1 aromatic carbocycles. The number of anilines is 1. The maximum Gasteiger partial charge on any atom is 0.410 e. The molecule has 0 radical (unpaired) electrons. The number of nitrogens with one attached hydrogen (secondary N) is 4. The number of benzene rings is 1. The summed E-state index contributed by atoms with van der Waals surface area (Å²) in [5.41, 5.74) is 0.633. The fraction of sp³-hybridized carbons (Fsp3) is 0.745. The van der Waals surface area contributed by atoms with E-state index in [1.54, 1.807) is 90.8 Å². The van der Waals surface area contributed by atoms with Crippen molar-refractivity contribution in [2.24, 2.45) is 23.7 Å². The first-order chi connectivity index (χ1) is 32.1. The minimum atomic E-state index is -0.910. The summed E-state index contributed by atoms with van der Waals surface area (Å²) in [6.07, 6.45) is 0.662. The Bertz CT molecular complexity index is 1860. The van der Waals surface area contributed by atoms with Gasteiger partial charge in [-0.15, -0.1) is 0 Å². The van der Waals surface area contributed by atoms with E-state index in [1.807, 2.05) is 66.6 Å². The van der Waals surface area contributed by atoms with Crippen LogP contribution in [0.1, 0.15) is 114 Å². The number of hydrogen-bond donors (Lipinski definition) is 4. The van der Waals surface area contributed by atoms with E-state index < -0.39 is 71.8 Å². The van der Waals surface area contributed by atoms with Gasteiger partial charge in [0.2, 0.25) is 35.4 Å². The molecule has 18 nitrogen and oxygen atoms in total. The Labute approximate surface area is 413 Å². The van der Waals surface area contributed by atoms with Crippen molar-refractivity contribution in [2.75, 3.05) is 60.8 Å². The van der Waals surface area contributed by atoms with Crippen LogP contribution in [0.5, 0.6) is 0 Å². The van der Waals surface area contributed by atoms with E-state index >= 15 is 0 Å². The Morgan fingerprint density at radius 1 is 0.812 bits per heavy atom. The highest BCUT2D eigenvalue weighted by Crippen LogP contribution is 2.30. The molecule has 1 saturated heterocycles. The molecule has 0 bridgehead atoms. The van der Waals surface area contributed by atoms with Gasteiger partial charge in [-0.1, -0.05) is 67.0 Å². The third-order valence-electron chi connectivity index (χ3n) is 13.2. The molecule has 69 heavy (non-hydrogen) atoms. The average Bonchev–Trinajstić information content (AvgIpc) is 3.76. The summed E-state index contributed by atoms with van der Waals surface area (Å²) in [7, 11) is 9.98. The fourth-order valence-electron chi connectivity index (χ4n) is 9.02. The van der Waals surface area contributed by atoms with Gasteiger partial charge in [0.1, 0.15) is 23.7 Å². The maximum atomic E-state index is 14.3. The number of nitrogens with zero attached hydrogens (tertiary/aromatic N) is 4. The van der Waals surface area contributed by atoms with Crippen LogP contribution in [0.2, 0.25) is 0 Å². The minimum Gasteiger partial charge on any atom is -0.444 e. The van der Waals surface area contributed by atoms with Crippen LogP contribution in [-0.4, -0.2) is 171 Å². The van der Waals surface area contributed by atoms with Crippen molar-refractivity contribution in [2.45, 2.75) is 169 Å². The second kappa shape index (κ2) is 27.5. The average molecular weight is 973 g/mol. The quantitative estimate of drug-likeness (QED) is 0.106. The number of likely N-dealkylation sites (N-methyl/N-ethyl adjacent to an activating group) is 3. The number of methoxy groups -OCH3 is 2. The van der Waals surface area contributed by atoms with Crippen molar-refractivity contribution < 1.29 is 47.8 Å². The lowest BCUT2D eigenvalue weighted by molar-refractivity contribution is -0.148. The van der Waals surface area contributed by atoms with Gasteiger partial charge in [0.25, 0.3) is 0 Å². The van der Waals surface area contributed by atoms with Gasteiger partial charge in [-0.2, -0.15) is 0 Å². The molecule has 0 saturated carbocycles. The fourth-order valence-corrected chi connectivity index (χ4v) is 9.02. The van der Waals surface area contributed by atoms with Gasteiger partial charge in [-0.25, -0.2) is 4.79 Å². The van der Waals surface area contributed by atoms with Crippen molar-refractivity contribution in [3.63, 3.8) is 0 Å². The predicted molar refractivity (Wildman–Crippen MR) is 268 cm³/mol. The number of hydrogen-bond acceptors (Lipinski definition) is 11. The van der Waals surface area contributed by atoms with Gasteiger partial charge in [-0.05, 0) is 103 Å². The molecule has 1 heterocycles. The number of rotatable bonds is 25. The lowest BCUT2D eigenvalue weighted by Crippen LogP contribution is -2.59. The summed E-state index contributed by atoms with van der Waals surface area (Å²) in [5, 5.41) is 11.5. The highest BCUT2D eigenvalue weighted by molar-refractivity contribution is 5.98. The largest absolute Gasteiger partial charge is 0.444 e. The van der Waals surface area contributed by atoms with Crippen molar-refractivity contribution in [1.29, 1.82) is 0 Å². The van der Waals surface area contributed by atoms with Gasteiger partial charge in [-0.3, -0.25) is 38.6 Å². The van der Waals surface area contributed by atoms with E-state index in [4.69, 9.17) is 14.2 Å². The third-order valence-corrected chi connectivity index (χ3v) is 13.2. The summed E-state index contributed by atoms with van der Waals surface area (Å²) in [5.74, 6) is -2.64. The zero-order chi connectivity index (χ0) is 52.7. The first-order valence-corrected chi connectivity index (χ1v) is 24.6. The molecule has 4 N–H and O–H groups in total. The molecule has 2 rings (SSSR count). The molecule has 1 aliphatic rings. The molecular formula is C51H88N8O10. The third kappa shape index (κ3) is 17.5. The molecule has 0 aliphatic carbocycles.